The van der Waals surface area contributed by atoms with Crippen molar-refractivity contribution in [1.29, 1.82) is 0 Å². The van der Waals surface area contributed by atoms with Crippen LogP contribution in [0.1, 0.15) is 40.5 Å². The van der Waals surface area contributed by atoms with Crippen molar-refractivity contribution in [1.82, 2.24) is 0 Å². The topological polar surface area (TPSA) is 111 Å². The van der Waals surface area contributed by atoms with Crippen molar-refractivity contribution in [3.63, 3.8) is 0 Å². The van der Waals surface area contributed by atoms with E-state index in [4.69, 9.17) is 33.2 Å². The molecule has 0 unspecified atom stereocenters. The van der Waals surface area contributed by atoms with Crippen LogP contribution in [-0.4, -0.2) is 98.1 Å². The Labute approximate surface area is 237 Å². The van der Waals surface area contributed by atoms with Crippen molar-refractivity contribution in [2.24, 2.45) is 0 Å². The maximum absolute atomic E-state index is 12.1. The number of ether oxygens (including phenoxy) is 7. The Balaban J connectivity index is 1.28. The molecule has 0 bridgehead atoms. The Morgan fingerprint density at radius 3 is 1.68 bits per heavy atom. The maximum atomic E-state index is 12.1. The minimum Gasteiger partial charge on any atom is -0.491 e. The van der Waals surface area contributed by atoms with Crippen LogP contribution in [0.15, 0.2) is 48.5 Å². The molecule has 0 aliphatic carbocycles. The molecular weight excluding hydrogens is 518 g/mol. The second-order valence-electron chi connectivity index (χ2n) is 8.59. The Kier molecular flexibility index (Phi) is 18.9. The summed E-state index contributed by atoms with van der Waals surface area (Å²) in [6, 6.07) is 14.2. The van der Waals surface area contributed by atoms with Gasteiger partial charge in [-0.3, -0.25) is 4.79 Å². The summed E-state index contributed by atoms with van der Waals surface area (Å²) in [7, 11) is 0. The first kappa shape index (κ1) is 33.2. The van der Waals surface area contributed by atoms with Gasteiger partial charge in [0.2, 0.25) is 0 Å². The molecule has 0 aliphatic heterocycles. The number of hydrogen-bond donors (Lipinski definition) is 1. The smallest absolute Gasteiger partial charge is 0.338 e. The molecule has 0 fully saturated rings. The van der Waals surface area contributed by atoms with Gasteiger partial charge in [-0.2, -0.15) is 0 Å². The maximum Gasteiger partial charge on any atom is 0.338 e. The van der Waals surface area contributed by atoms with E-state index >= 15 is 0 Å². The van der Waals surface area contributed by atoms with Gasteiger partial charge in [0.25, 0.3) is 0 Å². The summed E-state index contributed by atoms with van der Waals surface area (Å²) in [6.07, 6.45) is 3.04. The van der Waals surface area contributed by atoms with Gasteiger partial charge in [0, 0.05) is 17.8 Å². The number of anilines is 1. The lowest BCUT2D eigenvalue weighted by Gasteiger charge is -2.09. The van der Waals surface area contributed by atoms with Crippen LogP contribution in [-0.2, 0) is 28.4 Å². The quantitative estimate of drug-likeness (QED) is 0.108. The summed E-state index contributed by atoms with van der Waals surface area (Å²) in [5, 5.41) is 3.31. The molecule has 0 heterocycles. The number of carbonyl (C=O) groups is 2. The van der Waals surface area contributed by atoms with E-state index in [1.165, 1.54) is 0 Å². The highest BCUT2D eigenvalue weighted by Gasteiger charge is 2.06. The van der Waals surface area contributed by atoms with E-state index in [9.17, 15) is 9.59 Å². The fourth-order valence-corrected chi connectivity index (χ4v) is 3.25. The third-order valence-corrected chi connectivity index (χ3v) is 5.44. The highest BCUT2D eigenvalue weighted by Crippen LogP contribution is 2.11. The van der Waals surface area contributed by atoms with E-state index in [2.05, 4.69) is 12.2 Å². The molecule has 0 saturated carbocycles. The minimum absolute atomic E-state index is 0.190. The van der Waals surface area contributed by atoms with E-state index in [0.29, 0.717) is 89.6 Å². The van der Waals surface area contributed by atoms with Crippen molar-refractivity contribution in [3.05, 3.63) is 59.7 Å². The summed E-state index contributed by atoms with van der Waals surface area (Å²) >= 11 is 0. The number of aldehydes is 1. The Morgan fingerprint density at radius 2 is 1.18 bits per heavy atom. The lowest BCUT2D eigenvalue weighted by molar-refractivity contribution is -0.0163. The normalized spacial score (nSPS) is 10.8. The number of nitrogens with one attached hydrogen (secondary N) is 1. The molecule has 222 valence electrons. The molecular formula is C30H43NO9. The van der Waals surface area contributed by atoms with Gasteiger partial charge in [-0.05, 0) is 55.0 Å². The largest absolute Gasteiger partial charge is 0.491 e. The number of esters is 1. The van der Waals surface area contributed by atoms with Crippen molar-refractivity contribution in [2.75, 3.05) is 91.1 Å². The van der Waals surface area contributed by atoms with Gasteiger partial charge in [0.15, 0.2) is 0 Å². The second kappa shape index (κ2) is 22.8. The highest BCUT2D eigenvalue weighted by atomic mass is 16.6. The molecule has 2 rings (SSSR count). The van der Waals surface area contributed by atoms with Crippen LogP contribution in [0.4, 0.5) is 5.69 Å². The molecule has 0 radical (unpaired) electrons. The lowest BCUT2D eigenvalue weighted by Crippen LogP contribution is -2.15. The predicted molar refractivity (Wildman–Crippen MR) is 152 cm³/mol. The Hall–Kier alpha value is -3.02. The van der Waals surface area contributed by atoms with Crippen LogP contribution in [0.25, 0.3) is 0 Å². The molecule has 0 atom stereocenters. The first-order valence-corrected chi connectivity index (χ1v) is 13.8. The summed E-state index contributed by atoms with van der Waals surface area (Å²) in [5.74, 6) is 0.337. The SMILES string of the molecule is CCCCNc1ccc(C(=O)OCCOCCOCCOCCOCCOCCOc2ccc(C=O)cc2)cc1. The van der Waals surface area contributed by atoms with Crippen molar-refractivity contribution in [2.45, 2.75) is 19.8 Å². The fourth-order valence-electron chi connectivity index (χ4n) is 3.25. The monoisotopic (exact) mass is 561 g/mol. The first-order chi connectivity index (χ1) is 19.7. The van der Waals surface area contributed by atoms with Gasteiger partial charge in [0.05, 0.1) is 71.6 Å². The Bertz CT molecular complexity index is 906. The zero-order valence-electron chi connectivity index (χ0n) is 23.5. The third-order valence-electron chi connectivity index (χ3n) is 5.44. The number of hydrogen-bond acceptors (Lipinski definition) is 10. The first-order valence-electron chi connectivity index (χ1n) is 13.8. The molecule has 0 amide bonds. The zero-order valence-corrected chi connectivity index (χ0v) is 23.5. The van der Waals surface area contributed by atoms with Crippen molar-refractivity contribution in [3.8, 4) is 5.75 Å². The molecule has 2 aromatic rings. The van der Waals surface area contributed by atoms with Crippen molar-refractivity contribution >= 4 is 17.9 Å². The standard InChI is InChI=1S/C30H43NO9/c1-2-3-12-31-28-8-6-27(7-9-28)30(33)40-24-22-38-20-18-36-16-14-34-13-15-35-17-19-37-21-23-39-29-10-4-26(25-32)5-11-29/h4-11,25,31H,2-3,12-24H2,1H3. The summed E-state index contributed by atoms with van der Waals surface area (Å²) < 4.78 is 38.0. The zero-order chi connectivity index (χ0) is 28.5. The molecule has 0 spiro atoms. The van der Waals surface area contributed by atoms with Gasteiger partial charge in [0.1, 0.15) is 25.2 Å². The number of benzene rings is 2. The van der Waals surface area contributed by atoms with Crippen LogP contribution < -0.4 is 10.1 Å². The van der Waals surface area contributed by atoms with E-state index in [1.54, 1.807) is 36.4 Å². The molecule has 0 aromatic heterocycles. The number of carbonyl (C=O) groups excluding carboxylic acids is 2. The average molecular weight is 562 g/mol. The Morgan fingerprint density at radius 1 is 0.675 bits per heavy atom. The van der Waals surface area contributed by atoms with Crippen LogP contribution in [0, 0.1) is 0 Å². The summed E-state index contributed by atoms with van der Waals surface area (Å²) in [6.45, 7) is 8.12. The second-order valence-corrected chi connectivity index (χ2v) is 8.59. The van der Waals surface area contributed by atoms with E-state index in [0.717, 1.165) is 31.4 Å². The molecule has 0 saturated heterocycles. The summed E-state index contributed by atoms with van der Waals surface area (Å²) in [5.41, 5.74) is 2.13. The third kappa shape index (κ3) is 16.2. The fraction of sp³-hybridized carbons (Fsp3) is 0.533. The molecule has 0 aliphatic rings. The molecule has 10 nitrogen and oxygen atoms in total. The van der Waals surface area contributed by atoms with Crippen molar-refractivity contribution < 1.29 is 42.7 Å². The molecule has 10 heteroatoms. The van der Waals surface area contributed by atoms with Gasteiger partial charge in [-0.1, -0.05) is 13.3 Å². The van der Waals surface area contributed by atoms with Gasteiger partial charge >= 0.3 is 5.97 Å². The lowest BCUT2D eigenvalue weighted by atomic mass is 10.2. The van der Waals surface area contributed by atoms with E-state index < -0.39 is 0 Å². The average Bonchev–Trinajstić information content (AvgIpc) is 2.99. The predicted octanol–water partition coefficient (Wildman–Crippen LogP) is 4.03. The van der Waals surface area contributed by atoms with Gasteiger partial charge in [-0.15, -0.1) is 0 Å². The van der Waals surface area contributed by atoms with Gasteiger partial charge < -0.3 is 38.5 Å². The minimum atomic E-state index is -0.362. The van der Waals surface area contributed by atoms with E-state index in [-0.39, 0.29) is 12.6 Å². The molecule has 40 heavy (non-hydrogen) atoms. The van der Waals surface area contributed by atoms with E-state index in [1.807, 2.05) is 12.1 Å². The number of unbranched alkanes of at least 4 members (excludes halogenated alkanes) is 1. The van der Waals surface area contributed by atoms with Crippen LogP contribution in [0.3, 0.4) is 0 Å². The molecule has 1 N–H and O–H groups in total. The van der Waals surface area contributed by atoms with Crippen LogP contribution in [0.5, 0.6) is 5.75 Å². The van der Waals surface area contributed by atoms with Crippen LogP contribution in [0.2, 0.25) is 0 Å². The molecule has 2 aromatic carbocycles. The highest BCUT2D eigenvalue weighted by molar-refractivity contribution is 5.89. The summed E-state index contributed by atoms with van der Waals surface area (Å²) in [4.78, 5) is 22.7. The number of rotatable bonds is 25. The van der Waals surface area contributed by atoms with Gasteiger partial charge in [-0.25, -0.2) is 4.79 Å². The van der Waals surface area contributed by atoms with Crippen LogP contribution >= 0.6 is 0 Å².